The minimum absolute atomic E-state index is 0.903. The van der Waals surface area contributed by atoms with Gasteiger partial charge in [-0.3, -0.25) is 0 Å². The van der Waals surface area contributed by atoms with Gasteiger partial charge in [0.2, 0.25) is 0 Å². The van der Waals surface area contributed by atoms with Crippen LogP contribution in [-0.4, -0.2) is 0 Å². The van der Waals surface area contributed by atoms with Crippen molar-refractivity contribution in [3.63, 3.8) is 0 Å². The van der Waals surface area contributed by atoms with E-state index in [1.54, 1.807) is 0 Å². The van der Waals surface area contributed by atoms with Crippen molar-refractivity contribution in [2.45, 2.75) is 13.8 Å². The number of hydrogen-bond acceptors (Lipinski definition) is 2. The number of fused-ring (bicyclic) bond motifs is 6. The van der Waals surface area contributed by atoms with Crippen LogP contribution in [0.1, 0.15) is 11.1 Å². The van der Waals surface area contributed by atoms with Crippen molar-refractivity contribution in [3.8, 4) is 22.3 Å². The van der Waals surface area contributed by atoms with E-state index in [0.29, 0.717) is 0 Å². The summed E-state index contributed by atoms with van der Waals surface area (Å²) >= 11 is 0. The average Bonchev–Trinajstić information content (AvgIpc) is 3.41. The predicted octanol–water partition coefficient (Wildman–Crippen LogP) is 9.44. The first-order chi connectivity index (χ1) is 16.6. The van der Waals surface area contributed by atoms with Gasteiger partial charge in [0.15, 0.2) is 0 Å². The maximum absolute atomic E-state index is 6.43. The number of para-hydroxylation sites is 1. The minimum Gasteiger partial charge on any atom is -0.456 e. The van der Waals surface area contributed by atoms with E-state index in [0.717, 1.165) is 55.0 Å². The molecule has 0 amide bonds. The Balaban J connectivity index is 1.56. The van der Waals surface area contributed by atoms with Crippen LogP contribution < -0.4 is 0 Å². The Kier molecular flexibility index (Phi) is 4.01. The summed E-state index contributed by atoms with van der Waals surface area (Å²) in [7, 11) is 0. The number of benzene rings is 5. The minimum atomic E-state index is 0.903. The molecule has 0 fully saturated rings. The molecule has 7 rings (SSSR count). The Labute approximate surface area is 197 Å². The molecule has 0 unspecified atom stereocenters. The van der Waals surface area contributed by atoms with Crippen LogP contribution in [0.4, 0.5) is 0 Å². The fourth-order valence-electron chi connectivity index (χ4n) is 5.09. The molecule has 2 heterocycles. The summed E-state index contributed by atoms with van der Waals surface area (Å²) < 4.78 is 12.5. The first kappa shape index (κ1) is 19.2. The van der Waals surface area contributed by atoms with Crippen molar-refractivity contribution >= 4 is 43.9 Å². The van der Waals surface area contributed by atoms with Gasteiger partial charge in [-0.1, -0.05) is 65.7 Å². The fraction of sp³-hybridized carbons (Fsp3) is 0.0625. The number of rotatable bonds is 2. The van der Waals surface area contributed by atoms with Gasteiger partial charge in [0.25, 0.3) is 0 Å². The van der Waals surface area contributed by atoms with Crippen molar-refractivity contribution in [3.05, 3.63) is 108 Å². The highest BCUT2D eigenvalue weighted by Gasteiger charge is 2.16. The maximum Gasteiger partial charge on any atom is 0.143 e. The average molecular weight is 439 g/mol. The van der Waals surface area contributed by atoms with Crippen molar-refractivity contribution < 1.29 is 8.83 Å². The van der Waals surface area contributed by atoms with Gasteiger partial charge in [-0.05, 0) is 73.0 Å². The van der Waals surface area contributed by atoms with Gasteiger partial charge in [0, 0.05) is 27.1 Å². The van der Waals surface area contributed by atoms with Crippen LogP contribution in [0.5, 0.6) is 0 Å². The third-order valence-corrected chi connectivity index (χ3v) is 6.77. The second-order valence-electron chi connectivity index (χ2n) is 9.18. The van der Waals surface area contributed by atoms with E-state index in [-0.39, 0.29) is 0 Å². The van der Waals surface area contributed by atoms with Crippen molar-refractivity contribution in [2.24, 2.45) is 0 Å². The fourth-order valence-corrected chi connectivity index (χ4v) is 5.09. The Hall–Kier alpha value is -4.30. The zero-order chi connectivity index (χ0) is 22.8. The molecule has 34 heavy (non-hydrogen) atoms. The summed E-state index contributed by atoms with van der Waals surface area (Å²) in [6, 6.07) is 34.3. The quantitative estimate of drug-likeness (QED) is 0.269. The predicted molar refractivity (Wildman–Crippen MR) is 141 cm³/mol. The SMILES string of the molecule is Cc1cccc(-c2cc(-c3ccc4oc5ccc(C)cc5c4c3)c3oc4ccccc4c3c2)c1. The molecule has 0 aliphatic heterocycles. The molecule has 0 N–H and O–H groups in total. The van der Waals surface area contributed by atoms with Crippen molar-refractivity contribution in [1.29, 1.82) is 0 Å². The van der Waals surface area contributed by atoms with Gasteiger partial charge in [0.1, 0.15) is 22.3 Å². The number of furan rings is 2. The van der Waals surface area contributed by atoms with E-state index in [1.165, 1.54) is 22.3 Å². The Morgan fingerprint density at radius 1 is 0.441 bits per heavy atom. The van der Waals surface area contributed by atoms with Gasteiger partial charge < -0.3 is 8.83 Å². The van der Waals surface area contributed by atoms with Crippen LogP contribution in [0.2, 0.25) is 0 Å². The van der Waals surface area contributed by atoms with Gasteiger partial charge in [-0.15, -0.1) is 0 Å². The molecular formula is C32H22O2. The molecule has 0 spiro atoms. The highest BCUT2D eigenvalue weighted by molar-refractivity contribution is 6.13. The van der Waals surface area contributed by atoms with Crippen LogP contribution in [-0.2, 0) is 0 Å². The lowest BCUT2D eigenvalue weighted by molar-refractivity contribution is 0.668. The monoisotopic (exact) mass is 438 g/mol. The van der Waals surface area contributed by atoms with Crippen LogP contribution in [0.3, 0.4) is 0 Å². The third kappa shape index (κ3) is 2.89. The summed E-state index contributed by atoms with van der Waals surface area (Å²) in [4.78, 5) is 0. The first-order valence-electron chi connectivity index (χ1n) is 11.6. The summed E-state index contributed by atoms with van der Waals surface area (Å²) in [5.74, 6) is 0. The molecule has 2 aromatic heterocycles. The first-order valence-corrected chi connectivity index (χ1v) is 11.6. The zero-order valence-electron chi connectivity index (χ0n) is 19.1. The van der Waals surface area contributed by atoms with E-state index in [2.05, 4.69) is 98.8 Å². The maximum atomic E-state index is 6.43. The molecule has 5 aromatic carbocycles. The molecule has 7 aromatic rings. The summed E-state index contributed by atoms with van der Waals surface area (Å²) in [6.45, 7) is 4.25. The Morgan fingerprint density at radius 2 is 1.18 bits per heavy atom. The van der Waals surface area contributed by atoms with Gasteiger partial charge in [-0.2, -0.15) is 0 Å². The lowest BCUT2D eigenvalue weighted by Gasteiger charge is -2.09. The molecule has 0 aliphatic rings. The zero-order valence-corrected chi connectivity index (χ0v) is 19.1. The van der Waals surface area contributed by atoms with E-state index in [1.807, 2.05) is 12.1 Å². The molecule has 0 radical (unpaired) electrons. The standard InChI is InChI=1S/C32H22O2/c1-19-6-5-7-21(14-19)23-17-25(32-28(18-23)24-8-3-4-9-29(24)34-32)22-11-13-31-27(16-22)26-15-20(2)10-12-30(26)33-31/h3-18H,1-2H3. The van der Waals surface area contributed by atoms with Gasteiger partial charge in [0.05, 0.1) is 0 Å². The molecular weight excluding hydrogens is 416 g/mol. The Morgan fingerprint density at radius 3 is 2.06 bits per heavy atom. The van der Waals surface area contributed by atoms with E-state index < -0.39 is 0 Å². The van der Waals surface area contributed by atoms with Crippen molar-refractivity contribution in [1.82, 2.24) is 0 Å². The summed E-state index contributed by atoms with van der Waals surface area (Å²) in [5, 5.41) is 4.55. The normalized spacial score (nSPS) is 11.8. The van der Waals surface area contributed by atoms with Crippen LogP contribution >= 0.6 is 0 Å². The molecule has 2 nitrogen and oxygen atoms in total. The Bertz CT molecular complexity index is 1880. The van der Waals surface area contributed by atoms with E-state index in [4.69, 9.17) is 8.83 Å². The molecule has 162 valence electrons. The largest absolute Gasteiger partial charge is 0.456 e. The number of aryl methyl sites for hydroxylation is 2. The molecule has 0 aliphatic carbocycles. The van der Waals surface area contributed by atoms with E-state index in [9.17, 15) is 0 Å². The van der Waals surface area contributed by atoms with E-state index >= 15 is 0 Å². The lowest BCUT2D eigenvalue weighted by atomic mass is 9.94. The smallest absolute Gasteiger partial charge is 0.143 e. The number of hydrogen-bond donors (Lipinski definition) is 0. The molecule has 0 saturated heterocycles. The third-order valence-electron chi connectivity index (χ3n) is 6.77. The second-order valence-corrected chi connectivity index (χ2v) is 9.18. The van der Waals surface area contributed by atoms with Crippen molar-refractivity contribution in [2.75, 3.05) is 0 Å². The van der Waals surface area contributed by atoms with Gasteiger partial charge >= 0.3 is 0 Å². The van der Waals surface area contributed by atoms with Crippen LogP contribution in [0.25, 0.3) is 66.1 Å². The van der Waals surface area contributed by atoms with Crippen LogP contribution in [0, 0.1) is 13.8 Å². The second kappa shape index (κ2) is 7.10. The van der Waals surface area contributed by atoms with Crippen LogP contribution in [0.15, 0.2) is 106 Å². The topological polar surface area (TPSA) is 26.3 Å². The molecule has 0 atom stereocenters. The highest BCUT2D eigenvalue weighted by Crippen LogP contribution is 2.41. The summed E-state index contributed by atoms with van der Waals surface area (Å²) in [6.07, 6.45) is 0. The molecule has 2 heteroatoms. The van der Waals surface area contributed by atoms with Gasteiger partial charge in [-0.25, -0.2) is 0 Å². The summed E-state index contributed by atoms with van der Waals surface area (Å²) in [5.41, 5.74) is 10.7. The lowest BCUT2D eigenvalue weighted by Crippen LogP contribution is -1.85. The highest BCUT2D eigenvalue weighted by atomic mass is 16.3. The molecule has 0 bridgehead atoms. The molecule has 0 saturated carbocycles.